The first kappa shape index (κ1) is 13.6. The van der Waals surface area contributed by atoms with Crippen LogP contribution in [0.15, 0.2) is 24.3 Å². The molecule has 1 aromatic carbocycles. The van der Waals surface area contributed by atoms with Crippen molar-refractivity contribution in [2.75, 3.05) is 6.54 Å². The fourth-order valence-corrected chi connectivity index (χ4v) is 3.87. The van der Waals surface area contributed by atoms with Gasteiger partial charge in [0.1, 0.15) is 0 Å². The molecule has 106 valence electrons. The number of hydrogen-bond donors (Lipinski definition) is 1. The minimum atomic E-state index is -0.0958. The van der Waals surface area contributed by atoms with E-state index in [1.165, 1.54) is 31.2 Å². The van der Waals surface area contributed by atoms with Gasteiger partial charge in [-0.25, -0.2) is 0 Å². The third-order valence-corrected chi connectivity index (χ3v) is 4.91. The molecule has 0 bridgehead atoms. The van der Waals surface area contributed by atoms with Gasteiger partial charge in [-0.05, 0) is 49.9 Å². The molecular formula is C17H22N2O. The molecular weight excluding hydrogens is 248 g/mol. The van der Waals surface area contributed by atoms with Crippen LogP contribution in [0.3, 0.4) is 0 Å². The third kappa shape index (κ3) is 2.72. The van der Waals surface area contributed by atoms with Crippen molar-refractivity contribution in [2.45, 2.75) is 50.8 Å². The van der Waals surface area contributed by atoms with E-state index in [-0.39, 0.29) is 6.10 Å². The maximum atomic E-state index is 10.1. The van der Waals surface area contributed by atoms with Crippen molar-refractivity contribution in [3.05, 3.63) is 35.4 Å². The SMILES string of the molecule is N#Cc1ccc(CN2CCCC2C2CCCC2O)cc1. The van der Waals surface area contributed by atoms with Gasteiger partial charge in [-0.2, -0.15) is 5.26 Å². The number of nitrogens with zero attached hydrogens (tertiary/aromatic N) is 2. The van der Waals surface area contributed by atoms with Gasteiger partial charge in [0.05, 0.1) is 17.7 Å². The molecule has 2 fully saturated rings. The lowest BCUT2D eigenvalue weighted by Crippen LogP contribution is -2.38. The highest BCUT2D eigenvalue weighted by Crippen LogP contribution is 2.36. The Labute approximate surface area is 120 Å². The summed E-state index contributed by atoms with van der Waals surface area (Å²) in [4.78, 5) is 2.53. The minimum Gasteiger partial charge on any atom is -0.393 e. The quantitative estimate of drug-likeness (QED) is 0.918. The number of aliphatic hydroxyl groups is 1. The minimum absolute atomic E-state index is 0.0958. The Bertz CT molecular complexity index is 491. The zero-order valence-corrected chi connectivity index (χ0v) is 11.8. The molecule has 0 spiro atoms. The van der Waals surface area contributed by atoms with E-state index in [0.29, 0.717) is 12.0 Å². The molecule has 3 nitrogen and oxygen atoms in total. The van der Waals surface area contributed by atoms with E-state index >= 15 is 0 Å². The van der Waals surface area contributed by atoms with Crippen LogP contribution in [0.1, 0.15) is 43.2 Å². The molecule has 1 saturated heterocycles. The maximum Gasteiger partial charge on any atom is 0.0991 e. The molecule has 3 rings (SSSR count). The Hall–Kier alpha value is -1.37. The van der Waals surface area contributed by atoms with Crippen LogP contribution in [-0.4, -0.2) is 28.7 Å². The second-order valence-electron chi connectivity index (χ2n) is 6.15. The van der Waals surface area contributed by atoms with Gasteiger partial charge in [-0.1, -0.05) is 18.6 Å². The van der Waals surface area contributed by atoms with Crippen LogP contribution < -0.4 is 0 Å². The summed E-state index contributed by atoms with van der Waals surface area (Å²) in [5, 5.41) is 19.0. The van der Waals surface area contributed by atoms with E-state index in [0.717, 1.165) is 25.1 Å². The standard InChI is InChI=1S/C17H22N2O/c18-11-13-6-8-14(9-7-13)12-19-10-2-4-16(19)15-3-1-5-17(15)20/h6-9,15-17,20H,1-5,10,12H2. The summed E-state index contributed by atoms with van der Waals surface area (Å²) in [7, 11) is 0. The molecule has 0 radical (unpaired) electrons. The first-order valence-electron chi connectivity index (χ1n) is 7.69. The van der Waals surface area contributed by atoms with E-state index in [2.05, 4.69) is 23.1 Å². The van der Waals surface area contributed by atoms with Gasteiger partial charge in [0, 0.05) is 18.5 Å². The third-order valence-electron chi connectivity index (χ3n) is 4.91. The Morgan fingerprint density at radius 2 is 1.95 bits per heavy atom. The second-order valence-corrected chi connectivity index (χ2v) is 6.15. The Balaban J connectivity index is 1.67. The van der Waals surface area contributed by atoms with Crippen molar-refractivity contribution >= 4 is 0 Å². The predicted molar refractivity (Wildman–Crippen MR) is 77.9 cm³/mol. The number of benzene rings is 1. The fourth-order valence-electron chi connectivity index (χ4n) is 3.87. The average Bonchev–Trinajstić information content (AvgIpc) is 3.08. The summed E-state index contributed by atoms with van der Waals surface area (Å²) in [5.41, 5.74) is 1.99. The molecule has 1 aliphatic heterocycles. The van der Waals surface area contributed by atoms with Crippen LogP contribution >= 0.6 is 0 Å². The Kier molecular flexibility index (Phi) is 4.05. The van der Waals surface area contributed by atoms with Crippen LogP contribution in [0.5, 0.6) is 0 Å². The van der Waals surface area contributed by atoms with Gasteiger partial charge >= 0.3 is 0 Å². The molecule has 1 aliphatic carbocycles. The lowest BCUT2D eigenvalue weighted by atomic mass is 9.94. The van der Waals surface area contributed by atoms with Crippen molar-refractivity contribution in [3.63, 3.8) is 0 Å². The predicted octanol–water partition coefficient (Wildman–Crippen LogP) is 2.68. The molecule has 0 aromatic heterocycles. The molecule has 1 heterocycles. The fraction of sp³-hybridized carbons (Fsp3) is 0.588. The number of hydrogen-bond acceptors (Lipinski definition) is 3. The highest BCUT2D eigenvalue weighted by atomic mass is 16.3. The molecule has 3 unspecified atom stereocenters. The topological polar surface area (TPSA) is 47.3 Å². The Morgan fingerprint density at radius 3 is 2.60 bits per heavy atom. The molecule has 1 saturated carbocycles. The van der Waals surface area contributed by atoms with Crippen molar-refractivity contribution < 1.29 is 5.11 Å². The van der Waals surface area contributed by atoms with E-state index in [1.807, 2.05) is 12.1 Å². The van der Waals surface area contributed by atoms with E-state index in [9.17, 15) is 5.11 Å². The van der Waals surface area contributed by atoms with Crippen molar-refractivity contribution in [1.82, 2.24) is 4.90 Å². The van der Waals surface area contributed by atoms with Crippen LogP contribution in [0.2, 0.25) is 0 Å². The number of rotatable bonds is 3. The highest BCUT2D eigenvalue weighted by molar-refractivity contribution is 5.31. The largest absolute Gasteiger partial charge is 0.393 e. The second kappa shape index (κ2) is 5.95. The van der Waals surface area contributed by atoms with E-state index in [1.54, 1.807) is 0 Å². The molecule has 20 heavy (non-hydrogen) atoms. The number of likely N-dealkylation sites (tertiary alicyclic amines) is 1. The zero-order chi connectivity index (χ0) is 13.9. The van der Waals surface area contributed by atoms with Gasteiger partial charge in [0.25, 0.3) is 0 Å². The zero-order valence-electron chi connectivity index (χ0n) is 11.8. The van der Waals surface area contributed by atoms with Gasteiger partial charge < -0.3 is 5.11 Å². The van der Waals surface area contributed by atoms with Gasteiger partial charge in [0.15, 0.2) is 0 Å². The number of nitriles is 1. The smallest absolute Gasteiger partial charge is 0.0991 e. The average molecular weight is 270 g/mol. The lowest BCUT2D eigenvalue weighted by molar-refractivity contribution is 0.0719. The van der Waals surface area contributed by atoms with Crippen molar-refractivity contribution in [3.8, 4) is 6.07 Å². The van der Waals surface area contributed by atoms with Crippen LogP contribution in [0.25, 0.3) is 0 Å². The summed E-state index contributed by atoms with van der Waals surface area (Å²) in [6.45, 7) is 2.08. The van der Waals surface area contributed by atoms with Crippen LogP contribution in [0, 0.1) is 17.2 Å². The molecule has 1 aromatic rings. The van der Waals surface area contributed by atoms with Crippen LogP contribution in [0.4, 0.5) is 0 Å². The van der Waals surface area contributed by atoms with Crippen molar-refractivity contribution in [2.24, 2.45) is 5.92 Å². The molecule has 2 aliphatic rings. The summed E-state index contributed by atoms with van der Waals surface area (Å²) < 4.78 is 0. The molecule has 0 amide bonds. The van der Waals surface area contributed by atoms with E-state index < -0.39 is 0 Å². The summed E-state index contributed by atoms with van der Waals surface area (Å²) in [6, 6.07) is 10.6. The molecule has 1 N–H and O–H groups in total. The number of aliphatic hydroxyl groups excluding tert-OH is 1. The lowest BCUT2D eigenvalue weighted by Gasteiger charge is -2.31. The van der Waals surface area contributed by atoms with Crippen molar-refractivity contribution in [1.29, 1.82) is 5.26 Å². The first-order valence-corrected chi connectivity index (χ1v) is 7.69. The maximum absolute atomic E-state index is 10.1. The first-order chi connectivity index (χ1) is 9.78. The highest BCUT2D eigenvalue weighted by Gasteiger charge is 2.37. The monoisotopic (exact) mass is 270 g/mol. The van der Waals surface area contributed by atoms with E-state index in [4.69, 9.17) is 5.26 Å². The van der Waals surface area contributed by atoms with Gasteiger partial charge in [0.2, 0.25) is 0 Å². The Morgan fingerprint density at radius 1 is 1.15 bits per heavy atom. The summed E-state index contributed by atoms with van der Waals surface area (Å²) in [6.07, 6.45) is 5.69. The van der Waals surface area contributed by atoms with Gasteiger partial charge in [-0.15, -0.1) is 0 Å². The molecule has 3 heteroatoms. The molecule has 3 atom stereocenters. The van der Waals surface area contributed by atoms with Gasteiger partial charge in [-0.3, -0.25) is 4.90 Å². The summed E-state index contributed by atoms with van der Waals surface area (Å²) in [5.74, 6) is 0.468. The summed E-state index contributed by atoms with van der Waals surface area (Å²) >= 11 is 0. The normalized spacial score (nSPS) is 30.5. The van der Waals surface area contributed by atoms with Crippen LogP contribution in [-0.2, 0) is 6.54 Å².